The topological polar surface area (TPSA) is 77.5 Å². The second-order valence-corrected chi connectivity index (χ2v) is 7.99. The van der Waals surface area contributed by atoms with Crippen molar-refractivity contribution in [2.24, 2.45) is 0 Å². The molecule has 0 amide bonds. The van der Waals surface area contributed by atoms with Crippen LogP contribution in [0, 0.1) is 0 Å². The van der Waals surface area contributed by atoms with Crippen molar-refractivity contribution in [1.29, 1.82) is 0 Å². The average molecular weight is 408 g/mol. The molecule has 0 aliphatic carbocycles. The van der Waals surface area contributed by atoms with Crippen LogP contribution in [-0.2, 0) is 30.3 Å². The van der Waals surface area contributed by atoms with Crippen LogP contribution in [0.15, 0.2) is 42.5 Å². The Morgan fingerprint density at radius 3 is 2.59 bits per heavy atom. The number of carbonyl (C=O) groups is 1. The van der Waals surface area contributed by atoms with E-state index in [1.54, 1.807) is 4.90 Å². The van der Waals surface area contributed by atoms with Crippen molar-refractivity contribution in [3.8, 4) is 0 Å². The van der Waals surface area contributed by atoms with Gasteiger partial charge in [-0.2, -0.15) is 0 Å². The normalized spacial score (nSPS) is 20.0. The van der Waals surface area contributed by atoms with Crippen LogP contribution in [0.2, 0.25) is 0 Å². The van der Waals surface area contributed by atoms with Gasteiger partial charge in [0.2, 0.25) is 5.88 Å². The van der Waals surface area contributed by atoms with Crippen molar-refractivity contribution in [1.82, 2.24) is 4.90 Å². The summed E-state index contributed by atoms with van der Waals surface area (Å²) in [6, 6.07) is 9.46. The second-order valence-electron chi connectivity index (χ2n) is 7.99. The molecule has 0 bridgehead atoms. The Labute approximate surface area is 173 Å². The zero-order valence-corrected chi connectivity index (χ0v) is 17.8. The number of carbonyl (C=O) groups excluding carboxylic acids is 1. The number of aliphatic hydroxyl groups is 1. The summed E-state index contributed by atoms with van der Waals surface area (Å²) in [4.78, 5) is 13.9. The molecule has 1 heterocycles. The number of esters is 1. The van der Waals surface area contributed by atoms with Gasteiger partial charge in [0.15, 0.2) is 0 Å². The molecule has 1 aromatic carbocycles. The summed E-state index contributed by atoms with van der Waals surface area (Å²) in [6.07, 6.45) is 1.96. The predicted molar refractivity (Wildman–Crippen MR) is 109 cm³/mol. The van der Waals surface area contributed by atoms with Gasteiger partial charge < -0.3 is 29.0 Å². The summed E-state index contributed by atoms with van der Waals surface area (Å²) in [5, 5.41) is 9.64. The van der Waals surface area contributed by atoms with E-state index in [0.717, 1.165) is 18.2 Å². The van der Waals surface area contributed by atoms with Gasteiger partial charge in [0.25, 0.3) is 0 Å². The van der Waals surface area contributed by atoms with Crippen LogP contribution >= 0.6 is 0 Å². The number of hydrogen-bond acceptors (Lipinski definition) is 7. The van der Waals surface area contributed by atoms with Crippen LogP contribution in [0.25, 0.3) is 0 Å². The van der Waals surface area contributed by atoms with Gasteiger partial charge in [-0.1, -0.05) is 30.3 Å². The van der Waals surface area contributed by atoms with Crippen molar-refractivity contribution >= 4 is 5.97 Å². The maximum atomic E-state index is 12.2. The third-order valence-corrected chi connectivity index (χ3v) is 4.44. The van der Waals surface area contributed by atoms with E-state index in [4.69, 9.17) is 18.9 Å². The molecule has 1 aliphatic heterocycles. The Morgan fingerprint density at radius 1 is 1.24 bits per heavy atom. The SMILES string of the molecule is COC(=O)C1CC(OCCCOCc2ccccc2)CN1C(=CO)OC(C)(C)C. The molecule has 2 unspecified atom stereocenters. The highest BCUT2D eigenvalue weighted by Gasteiger charge is 2.41. The number of rotatable bonds is 10. The van der Waals surface area contributed by atoms with Crippen molar-refractivity contribution in [3.05, 3.63) is 48.0 Å². The minimum absolute atomic E-state index is 0.160. The molecule has 1 aliphatic rings. The maximum absolute atomic E-state index is 12.2. The lowest BCUT2D eigenvalue weighted by Gasteiger charge is -2.31. The van der Waals surface area contributed by atoms with Gasteiger partial charge in [-0.05, 0) is 32.8 Å². The molecule has 2 atom stereocenters. The monoisotopic (exact) mass is 407 g/mol. The number of aliphatic hydroxyl groups excluding tert-OH is 1. The Hall–Kier alpha value is -2.25. The Bertz CT molecular complexity index is 655. The average Bonchev–Trinajstić information content (AvgIpc) is 3.12. The fourth-order valence-electron chi connectivity index (χ4n) is 3.17. The van der Waals surface area contributed by atoms with E-state index in [1.165, 1.54) is 7.11 Å². The number of nitrogens with zero attached hydrogens (tertiary/aromatic N) is 1. The van der Waals surface area contributed by atoms with Gasteiger partial charge in [0, 0.05) is 26.2 Å². The van der Waals surface area contributed by atoms with E-state index in [0.29, 0.717) is 32.8 Å². The minimum atomic E-state index is -0.555. The Kier molecular flexibility index (Phi) is 8.79. The fraction of sp³-hybridized carbons (Fsp3) is 0.591. The molecule has 29 heavy (non-hydrogen) atoms. The van der Waals surface area contributed by atoms with Gasteiger partial charge in [-0.15, -0.1) is 0 Å². The molecule has 1 fully saturated rings. The molecule has 1 aromatic rings. The largest absolute Gasteiger partial charge is 0.510 e. The molecule has 0 aromatic heterocycles. The third-order valence-electron chi connectivity index (χ3n) is 4.44. The van der Waals surface area contributed by atoms with Crippen LogP contribution in [0.4, 0.5) is 0 Å². The van der Waals surface area contributed by atoms with Gasteiger partial charge in [0.05, 0.1) is 19.8 Å². The first-order chi connectivity index (χ1) is 13.8. The lowest BCUT2D eigenvalue weighted by atomic mass is 10.2. The van der Waals surface area contributed by atoms with Gasteiger partial charge >= 0.3 is 5.97 Å². The summed E-state index contributed by atoms with van der Waals surface area (Å²) in [5.41, 5.74) is 0.632. The maximum Gasteiger partial charge on any atom is 0.328 e. The van der Waals surface area contributed by atoms with Gasteiger partial charge in [-0.3, -0.25) is 0 Å². The number of hydrogen-bond donors (Lipinski definition) is 1. The number of likely N-dealkylation sites (tertiary alicyclic amines) is 1. The fourth-order valence-corrected chi connectivity index (χ4v) is 3.17. The van der Waals surface area contributed by atoms with Crippen molar-refractivity contribution < 1.29 is 28.8 Å². The number of benzene rings is 1. The van der Waals surface area contributed by atoms with Crippen LogP contribution in [-0.4, -0.2) is 60.6 Å². The molecule has 162 valence electrons. The summed E-state index contributed by atoms with van der Waals surface area (Å²) < 4.78 is 22.3. The number of ether oxygens (including phenoxy) is 4. The summed E-state index contributed by atoms with van der Waals surface area (Å²) in [5.74, 6) is -0.135. The summed E-state index contributed by atoms with van der Waals surface area (Å²) in [6.45, 7) is 7.78. The van der Waals surface area contributed by atoms with Crippen LogP contribution in [0.5, 0.6) is 0 Å². The van der Waals surface area contributed by atoms with Crippen molar-refractivity contribution in [3.63, 3.8) is 0 Å². The van der Waals surface area contributed by atoms with Crippen LogP contribution < -0.4 is 0 Å². The first-order valence-corrected chi connectivity index (χ1v) is 9.95. The molecule has 0 spiro atoms. The van der Waals surface area contributed by atoms with Crippen LogP contribution in [0.3, 0.4) is 0 Å². The summed E-state index contributed by atoms with van der Waals surface area (Å²) in [7, 11) is 1.35. The molecule has 2 rings (SSSR count). The van der Waals surface area contributed by atoms with Crippen molar-refractivity contribution in [2.75, 3.05) is 26.9 Å². The zero-order chi connectivity index (χ0) is 21.3. The van der Waals surface area contributed by atoms with Crippen LogP contribution in [0.1, 0.15) is 39.2 Å². The first kappa shape index (κ1) is 23.0. The molecular weight excluding hydrogens is 374 g/mol. The molecule has 1 saturated heterocycles. The molecule has 7 nitrogen and oxygen atoms in total. The molecule has 0 radical (unpaired) electrons. The predicted octanol–water partition coefficient (Wildman–Crippen LogP) is 3.40. The molecular formula is C22H33NO6. The summed E-state index contributed by atoms with van der Waals surface area (Å²) >= 11 is 0. The van der Waals surface area contributed by atoms with E-state index in [-0.39, 0.29) is 18.0 Å². The Balaban J connectivity index is 1.80. The number of methoxy groups -OCH3 is 1. The van der Waals surface area contributed by atoms with Gasteiger partial charge in [-0.25, -0.2) is 4.79 Å². The first-order valence-electron chi connectivity index (χ1n) is 9.95. The van der Waals surface area contributed by atoms with E-state index < -0.39 is 11.6 Å². The molecule has 0 saturated carbocycles. The minimum Gasteiger partial charge on any atom is -0.510 e. The third kappa shape index (κ3) is 7.59. The van der Waals surface area contributed by atoms with Gasteiger partial charge in [0.1, 0.15) is 17.9 Å². The second kappa shape index (κ2) is 11.1. The zero-order valence-electron chi connectivity index (χ0n) is 17.8. The van der Waals surface area contributed by atoms with Crippen molar-refractivity contribution in [2.45, 2.75) is 58.0 Å². The van der Waals surface area contributed by atoms with E-state index in [9.17, 15) is 9.90 Å². The van der Waals surface area contributed by atoms with E-state index in [2.05, 4.69) is 0 Å². The Morgan fingerprint density at radius 2 is 1.97 bits per heavy atom. The van der Waals surface area contributed by atoms with E-state index >= 15 is 0 Å². The quantitative estimate of drug-likeness (QED) is 0.362. The van der Waals surface area contributed by atoms with E-state index in [1.807, 2.05) is 51.1 Å². The molecule has 7 heteroatoms. The molecule has 1 N–H and O–H groups in total. The lowest BCUT2D eigenvalue weighted by Crippen LogP contribution is -2.39. The highest BCUT2D eigenvalue weighted by Crippen LogP contribution is 2.28. The standard InChI is InChI=1S/C22H33NO6/c1-22(2,3)29-20(15-24)23-14-18(13-19(23)21(25)26-4)28-12-8-11-27-16-17-9-6-5-7-10-17/h5-7,9-10,15,18-19,24H,8,11-14,16H2,1-4H3. The highest BCUT2D eigenvalue weighted by atomic mass is 16.5. The smallest absolute Gasteiger partial charge is 0.328 e. The lowest BCUT2D eigenvalue weighted by molar-refractivity contribution is -0.147. The highest BCUT2D eigenvalue weighted by molar-refractivity contribution is 5.76.